The van der Waals surface area contributed by atoms with Gasteiger partial charge in [0.25, 0.3) is 17.1 Å². The van der Waals surface area contributed by atoms with Crippen LogP contribution in [0, 0.1) is 0 Å². The summed E-state index contributed by atoms with van der Waals surface area (Å²) in [5, 5.41) is 0.166. The van der Waals surface area contributed by atoms with Crippen LogP contribution in [0.2, 0.25) is 5.02 Å². The van der Waals surface area contributed by atoms with Crippen LogP contribution >= 0.6 is 23.4 Å². The Morgan fingerprint density at radius 3 is 2.45 bits per heavy atom. The van der Waals surface area contributed by atoms with Crippen molar-refractivity contribution in [3.8, 4) is 11.5 Å². The average Bonchev–Trinajstić information content (AvgIpc) is 3.25. The molecule has 7 nitrogen and oxygen atoms in total. The maximum absolute atomic E-state index is 13.0. The highest BCUT2D eigenvalue weighted by Crippen LogP contribution is 2.36. The molecule has 2 saturated heterocycles. The van der Waals surface area contributed by atoms with E-state index in [1.165, 1.54) is 11.3 Å². The highest BCUT2D eigenvalue weighted by Gasteiger charge is 2.35. The Bertz CT molecular complexity index is 1450. The number of imide groups is 1. The van der Waals surface area contributed by atoms with Crippen LogP contribution in [-0.4, -0.2) is 47.1 Å². The number of carbonyl (C=O) groups is 3. The highest BCUT2D eigenvalue weighted by molar-refractivity contribution is 8.18. The van der Waals surface area contributed by atoms with Gasteiger partial charge in [0.2, 0.25) is 0 Å². The van der Waals surface area contributed by atoms with Crippen molar-refractivity contribution in [2.75, 3.05) is 20.2 Å². The van der Waals surface area contributed by atoms with Crippen molar-refractivity contribution in [1.82, 2.24) is 9.80 Å². The summed E-state index contributed by atoms with van der Waals surface area (Å²) in [5.74, 6) is 0.753. The molecule has 2 heterocycles. The van der Waals surface area contributed by atoms with Crippen molar-refractivity contribution in [3.05, 3.63) is 98.9 Å². The van der Waals surface area contributed by atoms with Gasteiger partial charge in [0.05, 0.1) is 18.6 Å². The zero-order valence-corrected chi connectivity index (χ0v) is 23.7. The van der Waals surface area contributed by atoms with E-state index in [0.717, 1.165) is 43.3 Å². The molecule has 0 bridgehead atoms. The lowest BCUT2D eigenvalue weighted by Gasteiger charge is -2.26. The molecule has 2 aliphatic heterocycles. The maximum Gasteiger partial charge on any atom is 0.293 e. The van der Waals surface area contributed by atoms with Gasteiger partial charge in [0.1, 0.15) is 6.61 Å². The van der Waals surface area contributed by atoms with E-state index < -0.39 is 0 Å². The highest BCUT2D eigenvalue weighted by atomic mass is 35.5. The van der Waals surface area contributed by atoms with Gasteiger partial charge in [0, 0.05) is 23.7 Å². The Morgan fingerprint density at radius 1 is 0.975 bits per heavy atom. The van der Waals surface area contributed by atoms with Gasteiger partial charge in [-0.05, 0) is 84.1 Å². The van der Waals surface area contributed by atoms with Crippen molar-refractivity contribution < 1.29 is 23.9 Å². The summed E-state index contributed by atoms with van der Waals surface area (Å²) in [4.78, 5) is 41.7. The predicted octanol–water partition coefficient (Wildman–Crippen LogP) is 6.79. The van der Waals surface area contributed by atoms with E-state index in [4.69, 9.17) is 21.1 Å². The number of carbonyl (C=O) groups excluding carboxylic acids is 3. The van der Waals surface area contributed by atoms with Crippen LogP contribution < -0.4 is 9.47 Å². The summed E-state index contributed by atoms with van der Waals surface area (Å²) in [6, 6.07) is 20.0. The lowest BCUT2D eigenvalue weighted by molar-refractivity contribution is -0.123. The molecule has 0 N–H and O–H groups in total. The maximum atomic E-state index is 13.0. The third-order valence-electron chi connectivity index (χ3n) is 6.88. The second kappa shape index (κ2) is 12.6. The number of hydrogen-bond acceptors (Lipinski definition) is 6. The van der Waals surface area contributed by atoms with Crippen molar-refractivity contribution in [1.29, 1.82) is 0 Å². The third kappa shape index (κ3) is 6.35. The SMILES string of the molecule is COc1cc(/C=C2\SC(=O)N(Cc3ccccc3Cl)C2=O)ccc1OCc1ccc(C(=O)N2CCCCC2)cc1. The lowest BCUT2D eigenvalue weighted by atomic mass is 10.1. The number of thioether (sulfide) groups is 1. The molecule has 9 heteroatoms. The predicted molar refractivity (Wildman–Crippen MR) is 156 cm³/mol. The first kappa shape index (κ1) is 27.8. The van der Waals surface area contributed by atoms with Crippen LogP contribution in [0.3, 0.4) is 0 Å². The van der Waals surface area contributed by atoms with Gasteiger partial charge in [-0.25, -0.2) is 0 Å². The molecule has 0 aromatic heterocycles. The van der Waals surface area contributed by atoms with E-state index in [2.05, 4.69) is 0 Å². The molecule has 0 radical (unpaired) electrons. The summed E-state index contributed by atoms with van der Waals surface area (Å²) in [7, 11) is 1.55. The normalized spacial score (nSPS) is 16.5. The number of hydrogen-bond donors (Lipinski definition) is 0. The van der Waals surface area contributed by atoms with Crippen molar-refractivity contribution in [3.63, 3.8) is 0 Å². The van der Waals surface area contributed by atoms with E-state index in [0.29, 0.717) is 44.7 Å². The Morgan fingerprint density at radius 2 is 1.73 bits per heavy atom. The largest absolute Gasteiger partial charge is 0.493 e. The molecule has 0 aliphatic carbocycles. The van der Waals surface area contributed by atoms with Crippen LogP contribution in [0.5, 0.6) is 11.5 Å². The number of piperidine rings is 1. The first-order valence-electron chi connectivity index (χ1n) is 13.1. The molecule has 3 aromatic carbocycles. The van der Waals surface area contributed by atoms with Gasteiger partial charge in [-0.3, -0.25) is 19.3 Å². The third-order valence-corrected chi connectivity index (χ3v) is 8.16. The summed E-state index contributed by atoms with van der Waals surface area (Å²) < 4.78 is 11.5. The van der Waals surface area contributed by atoms with Gasteiger partial charge >= 0.3 is 0 Å². The van der Waals surface area contributed by atoms with Gasteiger partial charge < -0.3 is 14.4 Å². The molecule has 206 valence electrons. The standard InChI is InChI=1S/C31H29ClN2O5S/c1-38-27-17-22(18-28-30(36)34(31(37)40-28)19-24-7-3-4-8-25(24)32)11-14-26(27)39-20-21-9-12-23(13-10-21)29(35)33-15-5-2-6-16-33/h3-4,7-14,17-18H,2,5-6,15-16,19-20H2,1H3/b28-18-. The fourth-order valence-electron chi connectivity index (χ4n) is 4.66. The zero-order valence-electron chi connectivity index (χ0n) is 22.1. The van der Waals surface area contributed by atoms with Crippen LogP contribution in [0.25, 0.3) is 6.08 Å². The Balaban J connectivity index is 1.23. The number of amides is 3. The smallest absolute Gasteiger partial charge is 0.293 e. The number of methoxy groups -OCH3 is 1. The number of likely N-dealkylation sites (tertiary alicyclic amines) is 1. The van der Waals surface area contributed by atoms with E-state index in [9.17, 15) is 14.4 Å². The molecular formula is C31H29ClN2O5S. The number of halogens is 1. The van der Waals surface area contributed by atoms with Crippen molar-refractivity contribution >= 4 is 46.5 Å². The molecule has 0 unspecified atom stereocenters. The zero-order chi connectivity index (χ0) is 28.1. The molecule has 40 heavy (non-hydrogen) atoms. The van der Waals surface area contributed by atoms with Crippen LogP contribution in [0.15, 0.2) is 71.6 Å². The monoisotopic (exact) mass is 576 g/mol. The summed E-state index contributed by atoms with van der Waals surface area (Å²) in [6.07, 6.45) is 4.97. The van der Waals surface area contributed by atoms with E-state index in [-0.39, 0.29) is 23.6 Å². The van der Waals surface area contributed by atoms with Gasteiger partial charge in [-0.1, -0.05) is 48.0 Å². The lowest BCUT2D eigenvalue weighted by Crippen LogP contribution is -2.35. The Kier molecular flexibility index (Phi) is 8.77. The van der Waals surface area contributed by atoms with Crippen LogP contribution in [0.1, 0.15) is 46.3 Å². The molecule has 0 saturated carbocycles. The quantitative estimate of drug-likeness (QED) is 0.275. The Labute approximate surface area is 242 Å². The molecule has 5 rings (SSSR count). The van der Waals surface area contributed by atoms with E-state index in [1.807, 2.05) is 35.2 Å². The first-order chi connectivity index (χ1) is 19.4. The molecule has 3 aromatic rings. The average molecular weight is 577 g/mol. The minimum Gasteiger partial charge on any atom is -0.493 e. The van der Waals surface area contributed by atoms with E-state index >= 15 is 0 Å². The van der Waals surface area contributed by atoms with Crippen molar-refractivity contribution in [2.24, 2.45) is 0 Å². The first-order valence-corrected chi connectivity index (χ1v) is 14.3. The van der Waals surface area contributed by atoms with Gasteiger partial charge in [-0.15, -0.1) is 0 Å². The summed E-state index contributed by atoms with van der Waals surface area (Å²) in [5.41, 5.74) is 3.02. The number of rotatable bonds is 8. The summed E-state index contributed by atoms with van der Waals surface area (Å²) in [6.45, 7) is 2.06. The molecule has 0 atom stereocenters. The van der Waals surface area contributed by atoms with Crippen molar-refractivity contribution in [2.45, 2.75) is 32.4 Å². The summed E-state index contributed by atoms with van der Waals surface area (Å²) >= 11 is 7.11. The number of benzene rings is 3. The van der Waals surface area contributed by atoms with Gasteiger partial charge in [-0.2, -0.15) is 0 Å². The fraction of sp³-hybridized carbons (Fsp3) is 0.258. The molecule has 2 aliphatic rings. The van der Waals surface area contributed by atoms with Crippen LogP contribution in [0.4, 0.5) is 4.79 Å². The molecule has 3 amide bonds. The topological polar surface area (TPSA) is 76.1 Å². The minimum atomic E-state index is -0.364. The minimum absolute atomic E-state index is 0.0751. The van der Waals surface area contributed by atoms with Crippen LogP contribution in [-0.2, 0) is 17.9 Å². The molecule has 2 fully saturated rings. The Hall–Kier alpha value is -3.75. The number of ether oxygens (including phenoxy) is 2. The molecule has 0 spiro atoms. The number of nitrogens with zero attached hydrogens (tertiary/aromatic N) is 2. The second-order valence-corrected chi connectivity index (χ2v) is 11.0. The molecular weight excluding hydrogens is 548 g/mol. The van der Waals surface area contributed by atoms with Gasteiger partial charge in [0.15, 0.2) is 11.5 Å². The second-order valence-electron chi connectivity index (χ2n) is 9.61. The fourth-order valence-corrected chi connectivity index (χ4v) is 5.70. The van der Waals surface area contributed by atoms with E-state index in [1.54, 1.807) is 49.6 Å².